The lowest BCUT2D eigenvalue weighted by Gasteiger charge is -2.03. The second-order valence-electron chi connectivity index (χ2n) is 2.22. The third kappa shape index (κ3) is 12.4. The summed E-state index contributed by atoms with van der Waals surface area (Å²) >= 11 is 0. The van der Waals surface area contributed by atoms with Crippen LogP contribution in [-0.2, 0) is 9.53 Å². The van der Waals surface area contributed by atoms with Gasteiger partial charge in [0.1, 0.15) is 12.7 Å². The first-order valence-corrected chi connectivity index (χ1v) is 3.56. The van der Waals surface area contributed by atoms with Gasteiger partial charge >= 0.3 is 18.3 Å². The minimum Gasteiger partial charge on any atom is -0.475 e. The Labute approximate surface area is 86.7 Å². The standard InChI is InChI=1S/C4H8O5.C2HF3O2/c5-1-3(6)2-9-4(7)8;3-2(4,5)1(6)7/h3,5-6H,1-2H2,(H,7,8);(H,6,7). The van der Waals surface area contributed by atoms with Crippen LogP contribution in [0.4, 0.5) is 18.0 Å². The van der Waals surface area contributed by atoms with Crippen molar-refractivity contribution < 1.29 is 47.9 Å². The van der Waals surface area contributed by atoms with Gasteiger partial charge < -0.3 is 25.2 Å². The molecule has 7 nitrogen and oxygen atoms in total. The first kappa shape index (κ1) is 16.9. The largest absolute Gasteiger partial charge is 0.505 e. The molecule has 0 rings (SSSR count). The molecule has 0 aliphatic heterocycles. The van der Waals surface area contributed by atoms with Crippen LogP contribution in [0.25, 0.3) is 0 Å². The number of aliphatic hydroxyl groups excluding tert-OH is 2. The molecule has 0 amide bonds. The topological polar surface area (TPSA) is 124 Å². The van der Waals surface area contributed by atoms with E-state index in [1.165, 1.54) is 0 Å². The molecule has 96 valence electrons. The predicted octanol–water partition coefficient (Wildman–Crippen LogP) is -0.332. The number of carbonyl (C=O) groups is 2. The van der Waals surface area contributed by atoms with Gasteiger partial charge in [-0.05, 0) is 0 Å². The molecule has 0 saturated heterocycles. The number of alkyl halides is 3. The monoisotopic (exact) mass is 250 g/mol. The summed E-state index contributed by atoms with van der Waals surface area (Å²) in [4.78, 5) is 18.5. The zero-order valence-corrected chi connectivity index (χ0v) is 7.64. The van der Waals surface area contributed by atoms with Gasteiger partial charge in [-0.25, -0.2) is 9.59 Å². The van der Waals surface area contributed by atoms with Gasteiger partial charge in [-0.3, -0.25) is 0 Å². The van der Waals surface area contributed by atoms with Crippen LogP contribution < -0.4 is 0 Å². The maximum Gasteiger partial charge on any atom is 0.505 e. The van der Waals surface area contributed by atoms with Crippen molar-refractivity contribution in [1.82, 2.24) is 0 Å². The van der Waals surface area contributed by atoms with E-state index in [1.54, 1.807) is 0 Å². The summed E-state index contributed by atoms with van der Waals surface area (Å²) < 4.78 is 35.6. The first-order valence-electron chi connectivity index (χ1n) is 3.56. The van der Waals surface area contributed by atoms with Crippen molar-refractivity contribution in [2.45, 2.75) is 12.3 Å². The zero-order valence-electron chi connectivity index (χ0n) is 7.64. The predicted molar refractivity (Wildman–Crippen MR) is 40.8 cm³/mol. The van der Waals surface area contributed by atoms with Crippen molar-refractivity contribution in [3.05, 3.63) is 0 Å². The third-order valence-corrected chi connectivity index (χ3v) is 0.852. The summed E-state index contributed by atoms with van der Waals surface area (Å²) in [6, 6.07) is 0. The number of hydrogen-bond donors (Lipinski definition) is 4. The molecule has 1 atom stereocenters. The van der Waals surface area contributed by atoms with E-state index in [2.05, 4.69) is 4.74 Å². The molecule has 0 heterocycles. The number of aliphatic hydroxyl groups is 2. The van der Waals surface area contributed by atoms with Gasteiger partial charge in [0.25, 0.3) is 0 Å². The third-order valence-electron chi connectivity index (χ3n) is 0.852. The van der Waals surface area contributed by atoms with E-state index < -0.39 is 31.0 Å². The molecule has 0 aromatic rings. The van der Waals surface area contributed by atoms with Crippen LogP contribution >= 0.6 is 0 Å². The van der Waals surface area contributed by atoms with Crippen LogP contribution in [0.15, 0.2) is 0 Å². The smallest absolute Gasteiger partial charge is 0.475 e. The lowest BCUT2D eigenvalue weighted by atomic mass is 10.4. The molecule has 10 heteroatoms. The van der Waals surface area contributed by atoms with E-state index in [4.69, 9.17) is 25.2 Å². The minimum absolute atomic E-state index is 0.383. The average Bonchev–Trinajstić information content (AvgIpc) is 2.13. The Morgan fingerprint density at radius 2 is 1.62 bits per heavy atom. The SMILES string of the molecule is O=C(O)C(F)(F)F.O=C(O)OCC(O)CO. The molecule has 16 heavy (non-hydrogen) atoms. The number of hydrogen-bond acceptors (Lipinski definition) is 5. The highest BCUT2D eigenvalue weighted by Gasteiger charge is 2.38. The summed E-state index contributed by atoms with van der Waals surface area (Å²) in [5.74, 6) is -2.76. The summed E-state index contributed by atoms with van der Waals surface area (Å²) in [7, 11) is 0. The fraction of sp³-hybridized carbons (Fsp3) is 0.667. The van der Waals surface area contributed by atoms with Crippen LogP contribution in [0.2, 0.25) is 0 Å². The van der Waals surface area contributed by atoms with Gasteiger partial charge in [0.05, 0.1) is 6.61 Å². The molecule has 0 saturated carbocycles. The van der Waals surface area contributed by atoms with E-state index >= 15 is 0 Å². The minimum atomic E-state index is -5.08. The zero-order chi connectivity index (χ0) is 13.4. The first-order chi connectivity index (χ1) is 7.11. The van der Waals surface area contributed by atoms with Crippen molar-refractivity contribution in [2.75, 3.05) is 13.2 Å². The van der Waals surface area contributed by atoms with Crippen LogP contribution in [-0.4, -0.2) is 58.0 Å². The van der Waals surface area contributed by atoms with Crippen molar-refractivity contribution in [1.29, 1.82) is 0 Å². The lowest BCUT2D eigenvalue weighted by molar-refractivity contribution is -0.192. The Bertz CT molecular complexity index is 227. The van der Waals surface area contributed by atoms with Crippen LogP contribution in [0.3, 0.4) is 0 Å². The Morgan fingerprint density at radius 1 is 1.25 bits per heavy atom. The fourth-order valence-corrected chi connectivity index (χ4v) is 0.220. The highest BCUT2D eigenvalue weighted by Crippen LogP contribution is 2.13. The second kappa shape index (κ2) is 7.70. The molecule has 0 aromatic carbocycles. The van der Waals surface area contributed by atoms with Crippen molar-refractivity contribution in [3.63, 3.8) is 0 Å². The lowest BCUT2D eigenvalue weighted by Crippen LogP contribution is -2.21. The molecule has 0 radical (unpaired) electrons. The highest BCUT2D eigenvalue weighted by molar-refractivity contribution is 5.73. The summed E-state index contributed by atoms with van der Waals surface area (Å²) in [6.07, 6.45) is -7.65. The summed E-state index contributed by atoms with van der Waals surface area (Å²) in [6.45, 7) is -0.876. The fourth-order valence-electron chi connectivity index (χ4n) is 0.220. The number of halogens is 3. The Balaban J connectivity index is 0. The van der Waals surface area contributed by atoms with Crippen molar-refractivity contribution in [3.8, 4) is 0 Å². The van der Waals surface area contributed by atoms with Crippen LogP contribution in [0.5, 0.6) is 0 Å². The average molecular weight is 250 g/mol. The van der Waals surface area contributed by atoms with Gasteiger partial charge in [-0.1, -0.05) is 0 Å². The maximum absolute atomic E-state index is 10.6. The van der Waals surface area contributed by atoms with Crippen LogP contribution in [0, 0.1) is 0 Å². The van der Waals surface area contributed by atoms with Gasteiger partial charge in [0.2, 0.25) is 0 Å². The van der Waals surface area contributed by atoms with E-state index in [0.29, 0.717) is 0 Å². The molecular formula is C6H9F3O7. The Morgan fingerprint density at radius 3 is 1.81 bits per heavy atom. The highest BCUT2D eigenvalue weighted by atomic mass is 19.4. The second-order valence-corrected chi connectivity index (χ2v) is 2.22. The molecule has 0 aromatic heterocycles. The molecular weight excluding hydrogens is 241 g/mol. The molecule has 0 spiro atoms. The van der Waals surface area contributed by atoms with Gasteiger partial charge in [0.15, 0.2) is 0 Å². The summed E-state index contributed by atoms with van der Waals surface area (Å²) in [5, 5.41) is 31.6. The number of ether oxygens (including phenoxy) is 1. The molecule has 0 fully saturated rings. The van der Waals surface area contributed by atoms with Gasteiger partial charge in [0, 0.05) is 0 Å². The van der Waals surface area contributed by atoms with E-state index in [0.717, 1.165) is 0 Å². The number of carboxylic acid groups (broad SMARTS) is 2. The normalized spacial score (nSPS) is 12.1. The van der Waals surface area contributed by atoms with E-state index in [1.807, 2.05) is 0 Å². The molecule has 0 bridgehead atoms. The van der Waals surface area contributed by atoms with E-state index in [9.17, 15) is 18.0 Å². The number of aliphatic carboxylic acids is 1. The van der Waals surface area contributed by atoms with Crippen molar-refractivity contribution in [2.24, 2.45) is 0 Å². The maximum atomic E-state index is 10.6. The molecule has 0 aliphatic carbocycles. The van der Waals surface area contributed by atoms with E-state index in [-0.39, 0.29) is 6.61 Å². The molecule has 0 aliphatic rings. The number of rotatable bonds is 3. The Kier molecular flexibility index (Phi) is 8.12. The molecule has 1 unspecified atom stereocenters. The Hall–Kier alpha value is -1.55. The van der Waals surface area contributed by atoms with Crippen molar-refractivity contribution >= 4 is 12.1 Å². The van der Waals surface area contributed by atoms with Gasteiger partial charge in [-0.2, -0.15) is 13.2 Å². The summed E-state index contributed by atoms with van der Waals surface area (Å²) in [5.41, 5.74) is 0. The van der Waals surface area contributed by atoms with Crippen LogP contribution in [0.1, 0.15) is 0 Å². The number of carboxylic acids is 1. The quantitative estimate of drug-likeness (QED) is 0.505. The van der Waals surface area contributed by atoms with Gasteiger partial charge in [-0.15, -0.1) is 0 Å². The molecule has 4 N–H and O–H groups in total.